The van der Waals surface area contributed by atoms with E-state index < -0.39 is 34.3 Å². The van der Waals surface area contributed by atoms with E-state index in [9.17, 15) is 22.4 Å². The van der Waals surface area contributed by atoms with Gasteiger partial charge in [0.05, 0.1) is 11.9 Å². The zero-order chi connectivity index (χ0) is 24.9. The van der Waals surface area contributed by atoms with Crippen LogP contribution in [0.4, 0.5) is 10.1 Å². The van der Waals surface area contributed by atoms with E-state index in [0.717, 1.165) is 10.6 Å². The first-order chi connectivity index (χ1) is 15.3. The van der Waals surface area contributed by atoms with Gasteiger partial charge in [0.15, 0.2) is 0 Å². The van der Waals surface area contributed by atoms with Crippen molar-refractivity contribution in [3.8, 4) is 0 Å². The number of nitrogens with one attached hydrogen (secondary N) is 1. The highest BCUT2D eigenvalue weighted by atomic mass is 35.5. The molecule has 2 rings (SSSR count). The molecule has 1 atom stereocenters. The minimum absolute atomic E-state index is 0.00206. The second-order valence-corrected chi connectivity index (χ2v) is 10.5. The summed E-state index contributed by atoms with van der Waals surface area (Å²) in [6, 6.07) is 9.29. The van der Waals surface area contributed by atoms with Crippen LogP contribution >= 0.6 is 11.6 Å². The highest BCUT2D eigenvalue weighted by Crippen LogP contribution is 2.28. The maximum Gasteiger partial charge on any atom is 0.244 e. The molecule has 0 heterocycles. The number of anilines is 1. The van der Waals surface area contributed by atoms with Crippen LogP contribution in [0.1, 0.15) is 31.9 Å². The lowest BCUT2D eigenvalue weighted by Crippen LogP contribution is -2.52. The summed E-state index contributed by atoms with van der Waals surface area (Å²) in [5.41, 5.74) is 1.38. The smallest absolute Gasteiger partial charge is 0.244 e. The molecule has 180 valence electrons. The van der Waals surface area contributed by atoms with Crippen molar-refractivity contribution < 1.29 is 22.4 Å². The molecule has 2 aromatic rings. The van der Waals surface area contributed by atoms with Gasteiger partial charge in [-0.2, -0.15) is 0 Å². The quantitative estimate of drug-likeness (QED) is 0.574. The van der Waals surface area contributed by atoms with E-state index >= 15 is 0 Å². The van der Waals surface area contributed by atoms with Crippen LogP contribution in [0.25, 0.3) is 0 Å². The summed E-state index contributed by atoms with van der Waals surface area (Å²) in [5, 5.41) is 3.12. The Hall–Kier alpha value is -2.65. The maximum absolute atomic E-state index is 13.4. The van der Waals surface area contributed by atoms with Gasteiger partial charge in [-0.25, -0.2) is 12.8 Å². The van der Waals surface area contributed by atoms with Gasteiger partial charge in [0.2, 0.25) is 21.8 Å². The fourth-order valence-corrected chi connectivity index (χ4v) is 4.30. The zero-order valence-corrected chi connectivity index (χ0v) is 20.9. The Morgan fingerprint density at radius 2 is 1.70 bits per heavy atom. The maximum atomic E-state index is 13.4. The summed E-state index contributed by atoms with van der Waals surface area (Å²) in [7, 11) is -3.85. The topological polar surface area (TPSA) is 86.8 Å². The number of sulfonamides is 1. The van der Waals surface area contributed by atoms with Crippen molar-refractivity contribution in [2.75, 3.05) is 17.1 Å². The van der Waals surface area contributed by atoms with Crippen molar-refractivity contribution in [2.45, 2.75) is 46.3 Å². The molecule has 2 aromatic carbocycles. The van der Waals surface area contributed by atoms with Crippen LogP contribution < -0.4 is 9.62 Å². The number of hydrogen-bond acceptors (Lipinski definition) is 4. The molecule has 0 saturated heterocycles. The van der Waals surface area contributed by atoms with E-state index in [4.69, 9.17) is 11.6 Å². The molecule has 0 radical (unpaired) electrons. The molecule has 0 aliphatic carbocycles. The van der Waals surface area contributed by atoms with Crippen molar-refractivity contribution >= 4 is 39.1 Å². The van der Waals surface area contributed by atoms with Crippen LogP contribution in [-0.2, 0) is 26.2 Å². The summed E-state index contributed by atoms with van der Waals surface area (Å²) < 4.78 is 39.5. The molecule has 7 nitrogen and oxygen atoms in total. The number of nitrogens with zero attached hydrogens (tertiary/aromatic N) is 2. The van der Waals surface area contributed by atoms with E-state index in [2.05, 4.69) is 5.32 Å². The van der Waals surface area contributed by atoms with Gasteiger partial charge < -0.3 is 10.2 Å². The number of hydrogen-bond donors (Lipinski definition) is 1. The van der Waals surface area contributed by atoms with E-state index in [1.807, 2.05) is 0 Å². The van der Waals surface area contributed by atoms with Gasteiger partial charge in [0, 0.05) is 17.6 Å². The largest absolute Gasteiger partial charge is 0.352 e. The molecule has 0 aliphatic heterocycles. The molecule has 0 fully saturated rings. The van der Waals surface area contributed by atoms with E-state index in [1.165, 1.54) is 29.2 Å². The number of benzene rings is 2. The van der Waals surface area contributed by atoms with Gasteiger partial charge in [-0.1, -0.05) is 29.8 Å². The van der Waals surface area contributed by atoms with Crippen molar-refractivity contribution in [3.05, 3.63) is 64.4 Å². The average Bonchev–Trinajstić information content (AvgIpc) is 2.72. The molecule has 0 aliphatic rings. The lowest BCUT2D eigenvalue weighted by molar-refractivity contribution is -0.139. The Labute approximate surface area is 199 Å². The number of halogens is 2. The van der Waals surface area contributed by atoms with Crippen LogP contribution in [0, 0.1) is 12.7 Å². The molecule has 10 heteroatoms. The first kappa shape index (κ1) is 26.6. The van der Waals surface area contributed by atoms with Gasteiger partial charge in [0.25, 0.3) is 0 Å². The van der Waals surface area contributed by atoms with Gasteiger partial charge in [-0.3, -0.25) is 13.9 Å². The molecule has 0 bridgehead atoms. The average molecular weight is 498 g/mol. The fraction of sp³-hybridized carbons (Fsp3) is 0.391. The molecular formula is C23H29ClFN3O4S. The summed E-state index contributed by atoms with van der Waals surface area (Å²) in [6.45, 7) is 6.29. The summed E-state index contributed by atoms with van der Waals surface area (Å²) in [4.78, 5) is 27.4. The predicted molar refractivity (Wildman–Crippen MR) is 128 cm³/mol. The number of carbonyl (C=O) groups is 2. The summed E-state index contributed by atoms with van der Waals surface area (Å²) in [5.74, 6) is -1.40. The monoisotopic (exact) mass is 497 g/mol. The van der Waals surface area contributed by atoms with Crippen LogP contribution in [0.3, 0.4) is 0 Å². The number of carbonyl (C=O) groups excluding carboxylic acids is 2. The highest BCUT2D eigenvalue weighted by molar-refractivity contribution is 7.92. The van der Waals surface area contributed by atoms with Crippen LogP contribution in [-0.4, -0.2) is 50.0 Å². The Morgan fingerprint density at radius 1 is 1.09 bits per heavy atom. The molecule has 33 heavy (non-hydrogen) atoms. The van der Waals surface area contributed by atoms with Crippen molar-refractivity contribution in [2.24, 2.45) is 0 Å². The third-order valence-corrected chi connectivity index (χ3v) is 6.59. The Bertz CT molecular complexity index is 1110. The minimum Gasteiger partial charge on any atom is -0.352 e. The molecular weight excluding hydrogens is 469 g/mol. The zero-order valence-electron chi connectivity index (χ0n) is 19.3. The summed E-state index contributed by atoms with van der Waals surface area (Å²) >= 11 is 6.17. The molecule has 0 aromatic heterocycles. The Morgan fingerprint density at radius 3 is 2.24 bits per heavy atom. The SMILES string of the molecule is Cc1c(Cl)cccc1N(CC(=O)N(Cc1ccc(F)cc1)[C@@H](C)C(=O)NC(C)C)S(C)(=O)=O. The fourth-order valence-electron chi connectivity index (χ4n) is 3.24. The van der Waals surface area contributed by atoms with Crippen molar-refractivity contribution in [1.82, 2.24) is 10.2 Å². The third-order valence-electron chi connectivity index (χ3n) is 5.05. The van der Waals surface area contributed by atoms with Gasteiger partial charge in [-0.15, -0.1) is 0 Å². The lowest BCUT2D eigenvalue weighted by Gasteiger charge is -2.32. The van der Waals surface area contributed by atoms with E-state index in [0.29, 0.717) is 16.1 Å². The second kappa shape index (κ2) is 11.0. The van der Waals surface area contributed by atoms with Crippen molar-refractivity contribution in [3.63, 3.8) is 0 Å². The Kier molecular flexibility index (Phi) is 8.85. The highest BCUT2D eigenvalue weighted by Gasteiger charge is 2.31. The van der Waals surface area contributed by atoms with Crippen LogP contribution in [0.5, 0.6) is 0 Å². The summed E-state index contributed by atoms with van der Waals surface area (Å²) in [6.07, 6.45) is 1.000. The van der Waals surface area contributed by atoms with Crippen LogP contribution in [0.2, 0.25) is 5.02 Å². The first-order valence-corrected chi connectivity index (χ1v) is 12.6. The number of rotatable bonds is 9. The minimum atomic E-state index is -3.85. The Balaban J connectivity index is 2.43. The lowest BCUT2D eigenvalue weighted by atomic mass is 10.1. The third kappa shape index (κ3) is 7.17. The molecule has 0 unspecified atom stereocenters. The number of amides is 2. The van der Waals surface area contributed by atoms with Crippen LogP contribution in [0.15, 0.2) is 42.5 Å². The molecule has 2 amide bonds. The van der Waals surface area contributed by atoms with E-state index in [1.54, 1.807) is 45.9 Å². The standard InChI is InChI=1S/C23H29ClFN3O4S/c1-15(2)26-23(30)17(4)27(13-18-9-11-19(25)12-10-18)22(29)14-28(33(5,31)32)21-8-6-7-20(24)16(21)3/h6-12,15,17H,13-14H2,1-5H3,(H,26,30)/t17-/m0/s1. The van der Waals surface area contributed by atoms with Gasteiger partial charge in [0.1, 0.15) is 18.4 Å². The predicted octanol–water partition coefficient (Wildman–Crippen LogP) is 3.50. The first-order valence-electron chi connectivity index (χ1n) is 10.4. The van der Waals surface area contributed by atoms with E-state index in [-0.39, 0.29) is 24.2 Å². The second-order valence-electron chi connectivity index (χ2n) is 8.14. The van der Waals surface area contributed by atoms with Crippen molar-refractivity contribution in [1.29, 1.82) is 0 Å². The molecule has 1 N–H and O–H groups in total. The molecule has 0 saturated carbocycles. The van der Waals surface area contributed by atoms with Gasteiger partial charge >= 0.3 is 0 Å². The normalized spacial score (nSPS) is 12.4. The molecule has 0 spiro atoms. The van der Waals surface area contributed by atoms with Gasteiger partial charge in [-0.05, 0) is 63.1 Å².